The molecule has 0 saturated carbocycles. The van der Waals surface area contributed by atoms with E-state index in [9.17, 15) is 9.18 Å². The van der Waals surface area contributed by atoms with Gasteiger partial charge >= 0.3 is 5.97 Å². The highest BCUT2D eigenvalue weighted by Crippen LogP contribution is 2.25. The highest BCUT2D eigenvalue weighted by atomic mass is 19.1. The number of ether oxygens (including phenoxy) is 2. The lowest BCUT2D eigenvalue weighted by molar-refractivity contribution is -0.144. The summed E-state index contributed by atoms with van der Waals surface area (Å²) in [6.45, 7) is 2.14. The zero-order valence-electron chi connectivity index (χ0n) is 10.1. The topological polar surface area (TPSA) is 47.6 Å². The van der Waals surface area contributed by atoms with Crippen LogP contribution in [0.15, 0.2) is 18.2 Å². The fourth-order valence-corrected chi connectivity index (χ4v) is 1.36. The van der Waals surface area contributed by atoms with Gasteiger partial charge in [-0.1, -0.05) is 6.92 Å². The molecule has 0 spiro atoms. The van der Waals surface area contributed by atoms with Crippen LogP contribution in [0.4, 0.5) is 10.1 Å². The first kappa shape index (κ1) is 13.3. The Bertz CT molecular complexity index is 395. The summed E-state index contributed by atoms with van der Waals surface area (Å²) in [5, 5.41) is 3.01. The van der Waals surface area contributed by atoms with Gasteiger partial charge in [0.15, 0.2) is 0 Å². The van der Waals surface area contributed by atoms with Crippen LogP contribution in [-0.4, -0.2) is 26.7 Å². The van der Waals surface area contributed by atoms with E-state index in [1.807, 2.05) is 0 Å². The lowest BCUT2D eigenvalue weighted by Gasteiger charge is -2.14. The normalized spacial score (nSPS) is 11.8. The third kappa shape index (κ3) is 3.62. The Morgan fingerprint density at radius 3 is 2.76 bits per heavy atom. The number of esters is 1. The number of hydrogen-bond acceptors (Lipinski definition) is 4. The first-order valence-electron chi connectivity index (χ1n) is 5.23. The second-order valence-corrected chi connectivity index (χ2v) is 3.65. The van der Waals surface area contributed by atoms with Crippen LogP contribution in [-0.2, 0) is 9.53 Å². The van der Waals surface area contributed by atoms with Gasteiger partial charge in [0.2, 0.25) is 0 Å². The number of benzene rings is 1. The smallest absolute Gasteiger partial charge is 0.310 e. The van der Waals surface area contributed by atoms with Crippen molar-refractivity contribution < 1.29 is 18.7 Å². The van der Waals surface area contributed by atoms with E-state index in [1.165, 1.54) is 26.4 Å². The number of methoxy groups -OCH3 is 2. The van der Waals surface area contributed by atoms with E-state index in [0.717, 1.165) is 0 Å². The summed E-state index contributed by atoms with van der Waals surface area (Å²) in [6, 6.07) is 4.18. The van der Waals surface area contributed by atoms with Crippen molar-refractivity contribution in [2.75, 3.05) is 26.1 Å². The number of rotatable bonds is 5. The molecular formula is C12H16FNO3. The Balaban J connectivity index is 2.66. The summed E-state index contributed by atoms with van der Waals surface area (Å²) in [5.41, 5.74) is 0.643. The van der Waals surface area contributed by atoms with Crippen LogP contribution in [0.25, 0.3) is 0 Å². The second-order valence-electron chi connectivity index (χ2n) is 3.65. The van der Waals surface area contributed by atoms with Gasteiger partial charge in [-0.15, -0.1) is 0 Å². The summed E-state index contributed by atoms with van der Waals surface area (Å²) < 4.78 is 22.6. The second kappa shape index (κ2) is 6.08. The van der Waals surface area contributed by atoms with Crippen LogP contribution >= 0.6 is 0 Å². The summed E-state index contributed by atoms with van der Waals surface area (Å²) in [7, 11) is 2.81. The molecule has 0 radical (unpaired) electrons. The zero-order chi connectivity index (χ0) is 12.8. The first-order chi connectivity index (χ1) is 8.08. The van der Waals surface area contributed by atoms with Crippen LogP contribution in [0.2, 0.25) is 0 Å². The van der Waals surface area contributed by atoms with Crippen LogP contribution in [0.1, 0.15) is 6.92 Å². The molecule has 0 aliphatic carbocycles. The van der Waals surface area contributed by atoms with E-state index in [-0.39, 0.29) is 17.7 Å². The fourth-order valence-electron chi connectivity index (χ4n) is 1.36. The minimum atomic E-state index is -0.367. The van der Waals surface area contributed by atoms with E-state index in [2.05, 4.69) is 10.1 Å². The number of nitrogens with one attached hydrogen (secondary N) is 1. The lowest BCUT2D eigenvalue weighted by Crippen LogP contribution is -2.21. The number of hydrogen-bond donors (Lipinski definition) is 1. The van der Waals surface area contributed by atoms with Crippen molar-refractivity contribution in [2.24, 2.45) is 5.92 Å². The van der Waals surface area contributed by atoms with E-state index in [4.69, 9.17) is 4.74 Å². The maximum atomic E-state index is 12.9. The largest absolute Gasteiger partial charge is 0.494 e. The molecule has 1 aromatic carbocycles. The van der Waals surface area contributed by atoms with Gasteiger partial charge in [0.25, 0.3) is 0 Å². The molecule has 1 unspecified atom stereocenters. The molecular weight excluding hydrogens is 225 g/mol. The molecule has 0 fully saturated rings. The highest BCUT2D eigenvalue weighted by molar-refractivity contribution is 5.72. The average Bonchev–Trinajstić information content (AvgIpc) is 2.35. The van der Waals surface area contributed by atoms with Crippen LogP contribution < -0.4 is 10.1 Å². The minimum absolute atomic E-state index is 0.283. The Kier molecular flexibility index (Phi) is 4.75. The van der Waals surface area contributed by atoms with Crippen molar-refractivity contribution >= 4 is 11.7 Å². The van der Waals surface area contributed by atoms with E-state index in [0.29, 0.717) is 18.0 Å². The summed E-state index contributed by atoms with van der Waals surface area (Å²) in [4.78, 5) is 11.2. The van der Waals surface area contributed by atoms with Crippen molar-refractivity contribution in [1.82, 2.24) is 0 Å². The number of halogens is 1. The average molecular weight is 241 g/mol. The quantitative estimate of drug-likeness (QED) is 0.801. The molecule has 1 aromatic rings. The van der Waals surface area contributed by atoms with Gasteiger partial charge in [0.05, 0.1) is 25.8 Å². The SMILES string of the molecule is COC(=O)C(C)CNc1ccc(F)cc1OC. The summed E-state index contributed by atoms with van der Waals surface area (Å²) >= 11 is 0. The van der Waals surface area contributed by atoms with Gasteiger partial charge in [-0.05, 0) is 12.1 Å². The van der Waals surface area contributed by atoms with Gasteiger partial charge < -0.3 is 14.8 Å². The number of anilines is 1. The van der Waals surface area contributed by atoms with Gasteiger partial charge in [-0.3, -0.25) is 4.79 Å². The molecule has 4 nitrogen and oxygen atoms in total. The molecule has 5 heteroatoms. The summed E-state index contributed by atoms with van der Waals surface area (Å²) in [5.74, 6) is -0.538. The molecule has 94 valence electrons. The van der Waals surface area contributed by atoms with Crippen molar-refractivity contribution in [3.05, 3.63) is 24.0 Å². The fraction of sp³-hybridized carbons (Fsp3) is 0.417. The maximum Gasteiger partial charge on any atom is 0.310 e. The Morgan fingerprint density at radius 1 is 1.47 bits per heavy atom. The molecule has 0 bridgehead atoms. The molecule has 0 amide bonds. The standard InChI is InChI=1S/C12H16FNO3/c1-8(12(15)17-3)7-14-10-5-4-9(13)6-11(10)16-2/h4-6,8,14H,7H2,1-3H3. The molecule has 0 aromatic heterocycles. The van der Waals surface area contributed by atoms with Gasteiger partial charge in [-0.25, -0.2) is 4.39 Å². The molecule has 1 N–H and O–H groups in total. The predicted molar refractivity (Wildman–Crippen MR) is 62.6 cm³/mol. The first-order valence-corrected chi connectivity index (χ1v) is 5.23. The van der Waals surface area contributed by atoms with Crippen LogP contribution in [0.5, 0.6) is 5.75 Å². The van der Waals surface area contributed by atoms with Gasteiger partial charge in [-0.2, -0.15) is 0 Å². The van der Waals surface area contributed by atoms with Crippen LogP contribution in [0.3, 0.4) is 0 Å². The van der Waals surface area contributed by atoms with Crippen molar-refractivity contribution in [3.63, 3.8) is 0 Å². The van der Waals surface area contributed by atoms with Crippen LogP contribution in [0, 0.1) is 11.7 Å². The number of carbonyl (C=O) groups excluding carboxylic acids is 1. The maximum absolute atomic E-state index is 12.9. The molecule has 0 heterocycles. The Morgan fingerprint density at radius 2 is 2.18 bits per heavy atom. The monoisotopic (exact) mass is 241 g/mol. The molecule has 1 rings (SSSR count). The predicted octanol–water partition coefficient (Wildman–Crippen LogP) is 2.06. The molecule has 0 aliphatic rings. The van der Waals surface area contributed by atoms with E-state index in [1.54, 1.807) is 13.0 Å². The van der Waals surface area contributed by atoms with E-state index >= 15 is 0 Å². The third-order valence-electron chi connectivity index (χ3n) is 2.37. The highest BCUT2D eigenvalue weighted by Gasteiger charge is 2.13. The molecule has 1 atom stereocenters. The lowest BCUT2D eigenvalue weighted by atomic mass is 10.2. The van der Waals surface area contributed by atoms with E-state index < -0.39 is 0 Å². The van der Waals surface area contributed by atoms with Gasteiger partial charge in [0, 0.05) is 12.6 Å². The number of carbonyl (C=O) groups is 1. The molecule has 0 saturated heterocycles. The summed E-state index contributed by atoms with van der Waals surface area (Å²) in [6.07, 6.45) is 0. The zero-order valence-corrected chi connectivity index (χ0v) is 10.1. The van der Waals surface area contributed by atoms with Crippen molar-refractivity contribution in [1.29, 1.82) is 0 Å². The molecule has 17 heavy (non-hydrogen) atoms. The third-order valence-corrected chi connectivity index (χ3v) is 2.37. The van der Waals surface area contributed by atoms with Crippen molar-refractivity contribution in [2.45, 2.75) is 6.92 Å². The van der Waals surface area contributed by atoms with Gasteiger partial charge in [0.1, 0.15) is 11.6 Å². The Hall–Kier alpha value is -1.78. The molecule has 0 aliphatic heterocycles. The Labute approximate surface area is 99.7 Å². The van der Waals surface area contributed by atoms with Crippen molar-refractivity contribution in [3.8, 4) is 5.75 Å². The minimum Gasteiger partial charge on any atom is -0.494 e.